The van der Waals surface area contributed by atoms with Gasteiger partial charge in [-0.2, -0.15) is 0 Å². The SMILES string of the molecule is Cc1ccc(Cn2c(NC3CCN(CCN)CC3)nc3ccccc32)n1C. The highest BCUT2D eigenvalue weighted by atomic mass is 15.2. The zero-order valence-electron chi connectivity index (χ0n) is 16.4. The van der Waals surface area contributed by atoms with Gasteiger partial charge in [0.1, 0.15) is 0 Å². The van der Waals surface area contributed by atoms with Crippen molar-refractivity contribution in [1.82, 2.24) is 19.0 Å². The maximum atomic E-state index is 5.70. The first-order valence-electron chi connectivity index (χ1n) is 9.91. The lowest BCUT2D eigenvalue weighted by Gasteiger charge is -2.32. The van der Waals surface area contributed by atoms with Crippen LogP contribution >= 0.6 is 0 Å². The quantitative estimate of drug-likeness (QED) is 0.704. The summed E-state index contributed by atoms with van der Waals surface area (Å²) in [7, 11) is 2.13. The van der Waals surface area contributed by atoms with E-state index in [1.807, 2.05) is 0 Å². The number of imidazole rings is 1. The summed E-state index contributed by atoms with van der Waals surface area (Å²) in [4.78, 5) is 7.36. The predicted octanol–water partition coefficient (Wildman–Crippen LogP) is 2.57. The number of benzene rings is 1. The Hall–Kier alpha value is -2.31. The van der Waals surface area contributed by atoms with Gasteiger partial charge in [0, 0.05) is 50.7 Å². The Morgan fingerprint density at radius 3 is 2.63 bits per heavy atom. The summed E-state index contributed by atoms with van der Waals surface area (Å²) in [5.74, 6) is 0.979. The Labute approximate surface area is 161 Å². The fourth-order valence-corrected chi connectivity index (χ4v) is 4.00. The average Bonchev–Trinajstić information content (AvgIpc) is 3.18. The number of rotatable bonds is 6. The second kappa shape index (κ2) is 7.74. The van der Waals surface area contributed by atoms with Gasteiger partial charge in [-0.05, 0) is 44.0 Å². The van der Waals surface area contributed by atoms with Gasteiger partial charge in [0.2, 0.25) is 5.95 Å². The molecule has 1 aliphatic rings. The Kier molecular flexibility index (Phi) is 5.18. The molecule has 2 aromatic heterocycles. The molecule has 0 bridgehead atoms. The number of nitrogens with zero attached hydrogens (tertiary/aromatic N) is 4. The van der Waals surface area contributed by atoms with Gasteiger partial charge in [0.25, 0.3) is 0 Å². The highest BCUT2D eigenvalue weighted by molar-refractivity contribution is 5.78. The van der Waals surface area contributed by atoms with Crippen molar-refractivity contribution in [3.63, 3.8) is 0 Å². The first-order chi connectivity index (χ1) is 13.2. The van der Waals surface area contributed by atoms with Crippen LogP contribution in [0.25, 0.3) is 11.0 Å². The Bertz CT molecular complexity index is 901. The number of para-hydroxylation sites is 2. The van der Waals surface area contributed by atoms with Gasteiger partial charge in [-0.25, -0.2) is 4.98 Å². The lowest BCUT2D eigenvalue weighted by Crippen LogP contribution is -2.41. The maximum absolute atomic E-state index is 5.70. The number of nitrogens with one attached hydrogen (secondary N) is 1. The minimum absolute atomic E-state index is 0.463. The topological polar surface area (TPSA) is 64.0 Å². The molecule has 1 aromatic carbocycles. The van der Waals surface area contributed by atoms with Crippen molar-refractivity contribution in [2.75, 3.05) is 31.5 Å². The zero-order chi connectivity index (χ0) is 18.8. The van der Waals surface area contributed by atoms with Crippen LogP contribution in [-0.4, -0.2) is 51.2 Å². The molecule has 0 radical (unpaired) electrons. The molecule has 4 rings (SSSR count). The second-order valence-electron chi connectivity index (χ2n) is 7.58. The molecule has 6 nitrogen and oxygen atoms in total. The van der Waals surface area contributed by atoms with Crippen molar-refractivity contribution >= 4 is 17.0 Å². The summed E-state index contributed by atoms with van der Waals surface area (Å²) in [6.07, 6.45) is 2.26. The summed E-state index contributed by atoms with van der Waals surface area (Å²) in [6, 6.07) is 13.2. The van der Waals surface area contributed by atoms with Crippen molar-refractivity contribution in [1.29, 1.82) is 0 Å². The number of anilines is 1. The van der Waals surface area contributed by atoms with Crippen LogP contribution in [0, 0.1) is 6.92 Å². The standard InChI is InChI=1S/C21H30N6/c1-16-7-8-18(25(16)2)15-27-20-6-4-3-5-19(20)24-21(27)23-17-9-12-26(13-10-17)14-11-22/h3-8,17H,9-15,22H2,1-2H3,(H,23,24). The predicted molar refractivity (Wildman–Crippen MR) is 111 cm³/mol. The van der Waals surface area contributed by atoms with Crippen LogP contribution in [0.4, 0.5) is 5.95 Å². The molecule has 144 valence electrons. The molecule has 0 saturated carbocycles. The first-order valence-corrected chi connectivity index (χ1v) is 9.91. The maximum Gasteiger partial charge on any atom is 0.204 e. The smallest absolute Gasteiger partial charge is 0.204 e. The molecule has 1 aliphatic heterocycles. The fourth-order valence-electron chi connectivity index (χ4n) is 4.00. The molecule has 0 spiro atoms. The van der Waals surface area contributed by atoms with Crippen molar-refractivity contribution in [2.45, 2.75) is 32.4 Å². The number of hydrogen-bond donors (Lipinski definition) is 2. The molecule has 3 N–H and O–H groups in total. The largest absolute Gasteiger partial charge is 0.353 e. The van der Waals surface area contributed by atoms with E-state index < -0.39 is 0 Å². The van der Waals surface area contributed by atoms with Crippen molar-refractivity contribution in [2.24, 2.45) is 12.8 Å². The van der Waals surface area contributed by atoms with Gasteiger partial charge < -0.3 is 25.1 Å². The lowest BCUT2D eigenvalue weighted by atomic mass is 10.1. The van der Waals surface area contributed by atoms with E-state index in [1.165, 1.54) is 16.9 Å². The van der Waals surface area contributed by atoms with Crippen LogP contribution in [0.5, 0.6) is 0 Å². The van der Waals surface area contributed by atoms with E-state index in [4.69, 9.17) is 10.7 Å². The van der Waals surface area contributed by atoms with Crippen LogP contribution in [0.3, 0.4) is 0 Å². The van der Waals surface area contributed by atoms with E-state index in [9.17, 15) is 0 Å². The third kappa shape index (κ3) is 3.73. The lowest BCUT2D eigenvalue weighted by molar-refractivity contribution is 0.224. The molecule has 3 heterocycles. The number of aromatic nitrogens is 3. The molecular formula is C21H30N6. The van der Waals surface area contributed by atoms with Crippen LogP contribution in [0.15, 0.2) is 36.4 Å². The second-order valence-corrected chi connectivity index (χ2v) is 7.58. The Balaban J connectivity index is 1.58. The average molecular weight is 367 g/mol. The molecule has 0 amide bonds. The van der Waals surface area contributed by atoms with Crippen LogP contribution in [0.2, 0.25) is 0 Å². The van der Waals surface area contributed by atoms with Crippen molar-refractivity contribution < 1.29 is 0 Å². The number of aryl methyl sites for hydroxylation is 1. The van der Waals surface area contributed by atoms with Gasteiger partial charge in [-0.3, -0.25) is 0 Å². The minimum atomic E-state index is 0.463. The molecule has 1 fully saturated rings. The molecular weight excluding hydrogens is 336 g/mol. The summed E-state index contributed by atoms with van der Waals surface area (Å²) in [6.45, 7) is 6.91. The Morgan fingerprint density at radius 1 is 1.15 bits per heavy atom. The van der Waals surface area contributed by atoms with Crippen LogP contribution < -0.4 is 11.1 Å². The third-order valence-corrected chi connectivity index (χ3v) is 5.82. The molecule has 0 unspecified atom stereocenters. The highest BCUT2D eigenvalue weighted by Gasteiger charge is 2.21. The summed E-state index contributed by atoms with van der Waals surface area (Å²) in [5.41, 5.74) is 10.5. The summed E-state index contributed by atoms with van der Waals surface area (Å²) < 4.78 is 4.57. The first kappa shape index (κ1) is 18.1. The number of hydrogen-bond acceptors (Lipinski definition) is 4. The van der Waals surface area contributed by atoms with Gasteiger partial charge in [-0.1, -0.05) is 12.1 Å². The minimum Gasteiger partial charge on any atom is -0.353 e. The number of piperidine rings is 1. The third-order valence-electron chi connectivity index (χ3n) is 5.82. The number of nitrogens with two attached hydrogens (primary N) is 1. The van der Waals surface area contributed by atoms with E-state index in [0.717, 1.165) is 57.0 Å². The number of likely N-dealkylation sites (tertiary alicyclic amines) is 1. The van der Waals surface area contributed by atoms with E-state index in [2.05, 4.69) is 69.7 Å². The highest BCUT2D eigenvalue weighted by Crippen LogP contribution is 2.24. The van der Waals surface area contributed by atoms with Gasteiger partial charge in [0.15, 0.2) is 0 Å². The molecule has 3 aromatic rings. The Morgan fingerprint density at radius 2 is 1.93 bits per heavy atom. The molecule has 0 atom stereocenters. The van der Waals surface area contributed by atoms with Crippen molar-refractivity contribution in [3.05, 3.63) is 47.8 Å². The van der Waals surface area contributed by atoms with Crippen LogP contribution in [-0.2, 0) is 13.6 Å². The normalized spacial score (nSPS) is 16.3. The molecule has 6 heteroatoms. The van der Waals surface area contributed by atoms with E-state index >= 15 is 0 Å². The van der Waals surface area contributed by atoms with E-state index in [-0.39, 0.29) is 0 Å². The fraction of sp³-hybridized carbons (Fsp3) is 0.476. The van der Waals surface area contributed by atoms with E-state index in [1.54, 1.807) is 0 Å². The zero-order valence-corrected chi connectivity index (χ0v) is 16.4. The van der Waals surface area contributed by atoms with Crippen LogP contribution in [0.1, 0.15) is 24.2 Å². The van der Waals surface area contributed by atoms with Gasteiger partial charge in [0.05, 0.1) is 17.6 Å². The van der Waals surface area contributed by atoms with Gasteiger partial charge >= 0.3 is 0 Å². The number of fused-ring (bicyclic) bond motifs is 1. The molecule has 1 saturated heterocycles. The van der Waals surface area contributed by atoms with Crippen molar-refractivity contribution in [3.8, 4) is 0 Å². The van der Waals surface area contributed by atoms with E-state index in [0.29, 0.717) is 6.04 Å². The molecule has 0 aliphatic carbocycles. The summed E-state index contributed by atoms with van der Waals surface area (Å²) in [5, 5.41) is 3.73. The monoisotopic (exact) mass is 366 g/mol. The van der Waals surface area contributed by atoms with Gasteiger partial charge in [-0.15, -0.1) is 0 Å². The molecule has 27 heavy (non-hydrogen) atoms. The summed E-state index contributed by atoms with van der Waals surface area (Å²) >= 11 is 0.